The lowest BCUT2D eigenvalue weighted by Crippen LogP contribution is -2.40. The van der Waals surface area contributed by atoms with E-state index in [0.717, 1.165) is 12.1 Å². The fraction of sp³-hybridized carbons (Fsp3) is 0.375. The molecule has 0 aliphatic heterocycles. The topological polar surface area (TPSA) is 67.2 Å². The molecule has 0 bridgehead atoms. The standard InChI is InChI=1S/C16H21N3O2/c1-3-9-16(2,21)11-18-15(20)14-10-17-12-19(14)13-7-5-4-6-8-13/h4-8,10,12,21H,3,9,11H2,1-2H3,(H,18,20). The van der Waals surface area contributed by atoms with E-state index >= 15 is 0 Å². The van der Waals surface area contributed by atoms with E-state index in [1.165, 1.54) is 6.20 Å². The molecule has 1 unspecified atom stereocenters. The van der Waals surface area contributed by atoms with Crippen LogP contribution in [0.15, 0.2) is 42.9 Å². The van der Waals surface area contributed by atoms with Crippen LogP contribution in [0.25, 0.3) is 5.69 Å². The number of benzene rings is 1. The summed E-state index contributed by atoms with van der Waals surface area (Å²) in [5.41, 5.74) is 0.441. The van der Waals surface area contributed by atoms with Crippen LogP contribution in [-0.2, 0) is 0 Å². The Morgan fingerprint density at radius 2 is 2.10 bits per heavy atom. The van der Waals surface area contributed by atoms with Gasteiger partial charge in [0.25, 0.3) is 5.91 Å². The van der Waals surface area contributed by atoms with Gasteiger partial charge in [-0.25, -0.2) is 4.98 Å². The van der Waals surface area contributed by atoms with Crippen molar-refractivity contribution in [3.8, 4) is 5.69 Å². The van der Waals surface area contributed by atoms with Crippen molar-refractivity contribution in [3.05, 3.63) is 48.5 Å². The van der Waals surface area contributed by atoms with Gasteiger partial charge in [0.05, 0.1) is 18.1 Å². The summed E-state index contributed by atoms with van der Waals surface area (Å²) in [4.78, 5) is 16.3. The number of rotatable bonds is 6. The molecular formula is C16H21N3O2. The van der Waals surface area contributed by atoms with E-state index in [1.54, 1.807) is 17.8 Å². The van der Waals surface area contributed by atoms with Crippen molar-refractivity contribution in [3.63, 3.8) is 0 Å². The highest BCUT2D eigenvalue weighted by Crippen LogP contribution is 2.13. The quantitative estimate of drug-likeness (QED) is 0.855. The van der Waals surface area contributed by atoms with Crippen molar-refractivity contribution in [1.82, 2.24) is 14.9 Å². The highest BCUT2D eigenvalue weighted by Gasteiger charge is 2.21. The Kier molecular flexibility index (Phi) is 4.75. The lowest BCUT2D eigenvalue weighted by molar-refractivity contribution is 0.0468. The third kappa shape index (κ3) is 3.92. The maximum atomic E-state index is 12.3. The zero-order valence-corrected chi connectivity index (χ0v) is 12.4. The number of carbonyl (C=O) groups is 1. The predicted octanol–water partition coefficient (Wildman–Crippen LogP) is 2.15. The molecule has 1 heterocycles. The smallest absolute Gasteiger partial charge is 0.270 e. The summed E-state index contributed by atoms with van der Waals surface area (Å²) in [5, 5.41) is 12.9. The Balaban J connectivity index is 2.10. The lowest BCUT2D eigenvalue weighted by atomic mass is 10.0. The molecule has 0 fully saturated rings. The van der Waals surface area contributed by atoms with Crippen molar-refractivity contribution >= 4 is 5.91 Å². The number of amides is 1. The van der Waals surface area contributed by atoms with E-state index in [2.05, 4.69) is 10.3 Å². The number of nitrogens with one attached hydrogen (secondary N) is 1. The minimum Gasteiger partial charge on any atom is -0.388 e. The molecule has 2 N–H and O–H groups in total. The van der Waals surface area contributed by atoms with Gasteiger partial charge >= 0.3 is 0 Å². The summed E-state index contributed by atoms with van der Waals surface area (Å²) in [6.45, 7) is 3.95. The molecule has 0 spiro atoms. The molecule has 5 nitrogen and oxygen atoms in total. The van der Waals surface area contributed by atoms with E-state index in [-0.39, 0.29) is 12.5 Å². The van der Waals surface area contributed by atoms with Crippen molar-refractivity contribution in [1.29, 1.82) is 0 Å². The van der Waals surface area contributed by atoms with Crippen LogP contribution >= 0.6 is 0 Å². The second-order valence-corrected chi connectivity index (χ2v) is 5.41. The maximum Gasteiger partial charge on any atom is 0.270 e. The molecule has 1 amide bonds. The first-order valence-electron chi connectivity index (χ1n) is 7.12. The molecule has 0 aliphatic carbocycles. The van der Waals surface area contributed by atoms with Crippen molar-refractivity contribution in [2.75, 3.05) is 6.54 Å². The number of imidazole rings is 1. The number of nitrogens with zero attached hydrogens (tertiary/aromatic N) is 2. The van der Waals surface area contributed by atoms with Crippen LogP contribution in [0.1, 0.15) is 37.2 Å². The highest BCUT2D eigenvalue weighted by atomic mass is 16.3. The van der Waals surface area contributed by atoms with Gasteiger partial charge in [0.15, 0.2) is 0 Å². The molecule has 2 aromatic rings. The number of para-hydroxylation sites is 1. The Hall–Kier alpha value is -2.14. The molecule has 1 aromatic carbocycles. The zero-order valence-electron chi connectivity index (χ0n) is 12.4. The molecule has 1 atom stereocenters. The van der Waals surface area contributed by atoms with Gasteiger partial charge in [-0.3, -0.25) is 9.36 Å². The Bertz CT molecular complexity index is 591. The largest absolute Gasteiger partial charge is 0.388 e. The monoisotopic (exact) mass is 287 g/mol. The highest BCUT2D eigenvalue weighted by molar-refractivity contribution is 5.93. The Labute approximate surface area is 124 Å². The maximum absolute atomic E-state index is 12.3. The minimum atomic E-state index is -0.887. The summed E-state index contributed by atoms with van der Waals surface area (Å²) < 4.78 is 1.73. The third-order valence-electron chi connectivity index (χ3n) is 3.32. The first kappa shape index (κ1) is 15.3. The van der Waals surface area contributed by atoms with Gasteiger partial charge in [-0.15, -0.1) is 0 Å². The molecule has 0 saturated heterocycles. The molecule has 0 radical (unpaired) electrons. The van der Waals surface area contributed by atoms with Crippen LogP contribution in [0, 0.1) is 0 Å². The summed E-state index contributed by atoms with van der Waals surface area (Å²) >= 11 is 0. The average molecular weight is 287 g/mol. The van der Waals surface area contributed by atoms with Crippen LogP contribution in [0.3, 0.4) is 0 Å². The van der Waals surface area contributed by atoms with Gasteiger partial charge in [-0.1, -0.05) is 31.5 Å². The molecule has 112 valence electrons. The van der Waals surface area contributed by atoms with Gasteiger partial charge in [-0.2, -0.15) is 0 Å². The molecule has 21 heavy (non-hydrogen) atoms. The summed E-state index contributed by atoms with van der Waals surface area (Å²) in [5.74, 6) is -0.243. The molecular weight excluding hydrogens is 266 g/mol. The third-order valence-corrected chi connectivity index (χ3v) is 3.32. The van der Waals surface area contributed by atoms with E-state index in [9.17, 15) is 9.90 Å². The molecule has 1 aromatic heterocycles. The van der Waals surface area contributed by atoms with Crippen molar-refractivity contribution < 1.29 is 9.90 Å². The average Bonchev–Trinajstić information content (AvgIpc) is 2.95. The van der Waals surface area contributed by atoms with Crippen LogP contribution in [0.5, 0.6) is 0 Å². The number of carbonyl (C=O) groups excluding carboxylic acids is 1. The molecule has 5 heteroatoms. The number of hydrogen-bond donors (Lipinski definition) is 2. The Morgan fingerprint density at radius 1 is 1.38 bits per heavy atom. The molecule has 0 saturated carbocycles. The van der Waals surface area contributed by atoms with E-state index < -0.39 is 5.60 Å². The lowest BCUT2D eigenvalue weighted by Gasteiger charge is -2.23. The van der Waals surface area contributed by atoms with Gasteiger partial charge in [0, 0.05) is 12.2 Å². The van der Waals surface area contributed by atoms with Gasteiger partial charge in [-0.05, 0) is 25.5 Å². The van der Waals surface area contributed by atoms with E-state index in [1.807, 2.05) is 37.3 Å². The summed E-state index contributed by atoms with van der Waals surface area (Å²) in [6.07, 6.45) is 4.64. The first-order chi connectivity index (χ1) is 10.0. The predicted molar refractivity (Wildman–Crippen MR) is 81.4 cm³/mol. The molecule has 2 rings (SSSR count). The number of aliphatic hydroxyl groups is 1. The van der Waals surface area contributed by atoms with Crippen LogP contribution in [0.4, 0.5) is 0 Å². The zero-order chi connectivity index (χ0) is 15.3. The minimum absolute atomic E-state index is 0.222. The van der Waals surface area contributed by atoms with Gasteiger partial charge < -0.3 is 10.4 Å². The molecule has 0 aliphatic rings. The van der Waals surface area contributed by atoms with Crippen molar-refractivity contribution in [2.24, 2.45) is 0 Å². The van der Waals surface area contributed by atoms with Crippen LogP contribution in [-0.4, -0.2) is 32.7 Å². The Morgan fingerprint density at radius 3 is 2.76 bits per heavy atom. The SMILES string of the molecule is CCCC(C)(O)CNC(=O)c1cncn1-c1ccccc1. The normalized spacial score (nSPS) is 13.7. The van der Waals surface area contributed by atoms with Crippen molar-refractivity contribution in [2.45, 2.75) is 32.3 Å². The van der Waals surface area contributed by atoms with Gasteiger partial charge in [0.2, 0.25) is 0 Å². The second kappa shape index (κ2) is 6.54. The van der Waals surface area contributed by atoms with E-state index in [0.29, 0.717) is 12.1 Å². The first-order valence-corrected chi connectivity index (χ1v) is 7.12. The number of hydrogen-bond acceptors (Lipinski definition) is 3. The second-order valence-electron chi connectivity index (χ2n) is 5.41. The fourth-order valence-electron chi connectivity index (χ4n) is 2.25. The van der Waals surface area contributed by atoms with Crippen LogP contribution < -0.4 is 5.32 Å². The summed E-state index contributed by atoms with van der Waals surface area (Å²) in [6, 6.07) is 9.55. The van der Waals surface area contributed by atoms with E-state index in [4.69, 9.17) is 0 Å². The van der Waals surface area contributed by atoms with Crippen LogP contribution in [0.2, 0.25) is 0 Å². The van der Waals surface area contributed by atoms with Gasteiger partial charge in [0.1, 0.15) is 5.69 Å². The summed E-state index contributed by atoms with van der Waals surface area (Å²) in [7, 11) is 0. The number of aromatic nitrogens is 2. The fourth-order valence-corrected chi connectivity index (χ4v) is 2.25.